The van der Waals surface area contributed by atoms with Crippen LogP contribution in [0, 0.1) is 11.7 Å². The van der Waals surface area contributed by atoms with Gasteiger partial charge in [-0.3, -0.25) is 0 Å². The number of aryl methyl sites for hydroxylation is 1. The first-order chi connectivity index (χ1) is 8.02. The molecule has 0 aliphatic rings. The van der Waals surface area contributed by atoms with Crippen molar-refractivity contribution in [1.29, 1.82) is 0 Å². The number of rotatable bonds is 6. The molecule has 1 unspecified atom stereocenters. The zero-order valence-electron chi connectivity index (χ0n) is 10.7. The van der Waals surface area contributed by atoms with Gasteiger partial charge in [0.05, 0.1) is 7.11 Å². The van der Waals surface area contributed by atoms with Gasteiger partial charge in [-0.25, -0.2) is 4.39 Å². The van der Waals surface area contributed by atoms with E-state index in [1.807, 2.05) is 6.07 Å². The van der Waals surface area contributed by atoms with Crippen molar-refractivity contribution in [2.75, 3.05) is 7.11 Å². The third kappa shape index (κ3) is 5.07. The fraction of sp³-hybridized carbons (Fsp3) is 0.571. The second kappa shape index (κ2) is 7.00. The van der Waals surface area contributed by atoms with Gasteiger partial charge < -0.3 is 4.74 Å². The van der Waals surface area contributed by atoms with E-state index >= 15 is 0 Å². The van der Waals surface area contributed by atoms with E-state index in [-0.39, 0.29) is 5.82 Å². The number of ether oxygens (including phenoxy) is 1. The minimum Gasteiger partial charge on any atom is -0.494 e. The summed E-state index contributed by atoms with van der Waals surface area (Å²) >= 11 is 3.66. The molecule has 96 valence electrons. The third-order valence-electron chi connectivity index (χ3n) is 2.69. The van der Waals surface area contributed by atoms with Gasteiger partial charge in [0.25, 0.3) is 0 Å². The maximum atomic E-state index is 13.4. The van der Waals surface area contributed by atoms with Gasteiger partial charge in [-0.15, -0.1) is 0 Å². The maximum Gasteiger partial charge on any atom is 0.165 e. The topological polar surface area (TPSA) is 9.23 Å². The van der Waals surface area contributed by atoms with Gasteiger partial charge in [0.15, 0.2) is 11.6 Å². The molecule has 3 heteroatoms. The summed E-state index contributed by atoms with van der Waals surface area (Å²) in [5.41, 5.74) is 1.02. The lowest BCUT2D eigenvalue weighted by Crippen LogP contribution is -2.04. The van der Waals surface area contributed by atoms with Gasteiger partial charge in [-0.1, -0.05) is 35.8 Å². The second-order valence-corrected chi connectivity index (χ2v) is 6.03. The first kappa shape index (κ1) is 14.5. The fourth-order valence-electron chi connectivity index (χ4n) is 1.82. The largest absolute Gasteiger partial charge is 0.494 e. The Morgan fingerprint density at radius 1 is 1.35 bits per heavy atom. The smallest absolute Gasteiger partial charge is 0.165 e. The van der Waals surface area contributed by atoms with Crippen LogP contribution in [0.15, 0.2) is 18.2 Å². The lowest BCUT2D eigenvalue weighted by Gasteiger charge is -2.12. The van der Waals surface area contributed by atoms with Gasteiger partial charge in [0, 0.05) is 4.83 Å². The molecular formula is C14H20BrFO. The summed E-state index contributed by atoms with van der Waals surface area (Å²) in [4.78, 5) is 0.507. The zero-order chi connectivity index (χ0) is 12.8. The highest BCUT2D eigenvalue weighted by Gasteiger charge is 2.08. The van der Waals surface area contributed by atoms with Crippen molar-refractivity contribution < 1.29 is 9.13 Å². The Bertz CT molecular complexity index is 352. The summed E-state index contributed by atoms with van der Waals surface area (Å²) in [6, 6.07) is 5.18. The van der Waals surface area contributed by atoms with E-state index < -0.39 is 0 Å². The van der Waals surface area contributed by atoms with E-state index in [1.54, 1.807) is 12.1 Å². The Labute approximate surface area is 111 Å². The first-order valence-corrected chi connectivity index (χ1v) is 6.91. The molecule has 0 heterocycles. The van der Waals surface area contributed by atoms with Crippen LogP contribution < -0.4 is 4.74 Å². The van der Waals surface area contributed by atoms with E-state index in [0.717, 1.165) is 24.8 Å². The quantitative estimate of drug-likeness (QED) is 0.699. The highest BCUT2D eigenvalue weighted by atomic mass is 79.9. The van der Waals surface area contributed by atoms with Crippen molar-refractivity contribution in [2.45, 2.75) is 37.9 Å². The molecule has 1 aromatic rings. The summed E-state index contributed by atoms with van der Waals surface area (Å²) in [7, 11) is 1.48. The fourth-order valence-corrected chi connectivity index (χ4v) is 2.79. The molecule has 0 saturated carbocycles. The third-order valence-corrected chi connectivity index (χ3v) is 3.52. The van der Waals surface area contributed by atoms with E-state index in [4.69, 9.17) is 4.74 Å². The summed E-state index contributed by atoms with van der Waals surface area (Å²) in [5.74, 6) is 0.721. The Kier molecular flexibility index (Phi) is 5.96. The predicted molar refractivity (Wildman–Crippen MR) is 73.4 cm³/mol. The first-order valence-electron chi connectivity index (χ1n) is 5.99. The van der Waals surface area contributed by atoms with Crippen molar-refractivity contribution in [2.24, 2.45) is 5.92 Å². The highest BCUT2D eigenvalue weighted by Crippen LogP contribution is 2.22. The molecule has 0 spiro atoms. The van der Waals surface area contributed by atoms with Gasteiger partial charge in [0.1, 0.15) is 0 Å². The number of methoxy groups -OCH3 is 1. The average molecular weight is 303 g/mol. The molecule has 17 heavy (non-hydrogen) atoms. The Morgan fingerprint density at radius 2 is 2.06 bits per heavy atom. The van der Waals surface area contributed by atoms with E-state index in [1.165, 1.54) is 7.11 Å². The average Bonchev–Trinajstić information content (AvgIpc) is 2.25. The molecule has 1 rings (SSSR count). The SMILES string of the molecule is COc1ccc(CCC(Br)CC(C)C)cc1F. The molecule has 0 bridgehead atoms. The molecule has 0 saturated heterocycles. The number of hydrogen-bond acceptors (Lipinski definition) is 1. The molecule has 0 amide bonds. The van der Waals surface area contributed by atoms with Gasteiger partial charge in [-0.05, 0) is 42.9 Å². The lowest BCUT2D eigenvalue weighted by molar-refractivity contribution is 0.386. The van der Waals surface area contributed by atoms with Crippen LogP contribution in [0.2, 0.25) is 0 Å². The Morgan fingerprint density at radius 3 is 2.59 bits per heavy atom. The molecule has 1 aromatic carbocycles. The standard InChI is InChI=1S/C14H20BrFO/c1-10(2)8-12(15)6-4-11-5-7-14(17-3)13(16)9-11/h5,7,9-10,12H,4,6,8H2,1-3H3. The number of alkyl halides is 1. The number of hydrogen-bond donors (Lipinski definition) is 0. The lowest BCUT2D eigenvalue weighted by atomic mass is 10.0. The molecule has 0 aliphatic heterocycles. The van der Waals surface area contributed by atoms with Crippen LogP contribution in [0.5, 0.6) is 5.75 Å². The highest BCUT2D eigenvalue weighted by molar-refractivity contribution is 9.09. The van der Waals surface area contributed by atoms with Crippen molar-refractivity contribution in [3.63, 3.8) is 0 Å². The van der Waals surface area contributed by atoms with Crippen LogP contribution >= 0.6 is 15.9 Å². The van der Waals surface area contributed by atoms with Crippen molar-refractivity contribution in [3.05, 3.63) is 29.6 Å². The molecule has 0 fully saturated rings. The van der Waals surface area contributed by atoms with E-state index in [9.17, 15) is 4.39 Å². The maximum absolute atomic E-state index is 13.4. The van der Waals surface area contributed by atoms with Gasteiger partial charge in [-0.2, -0.15) is 0 Å². The van der Waals surface area contributed by atoms with Crippen LogP contribution in [-0.4, -0.2) is 11.9 Å². The van der Waals surface area contributed by atoms with Crippen molar-refractivity contribution in [3.8, 4) is 5.75 Å². The molecule has 0 aliphatic carbocycles. The normalized spacial score (nSPS) is 12.8. The summed E-state index contributed by atoms with van der Waals surface area (Å²) < 4.78 is 18.3. The van der Waals surface area contributed by atoms with E-state index in [0.29, 0.717) is 16.5 Å². The molecule has 1 nitrogen and oxygen atoms in total. The minimum atomic E-state index is -0.278. The number of benzene rings is 1. The molecule has 0 N–H and O–H groups in total. The van der Waals surface area contributed by atoms with Crippen LogP contribution in [0.25, 0.3) is 0 Å². The van der Waals surface area contributed by atoms with Gasteiger partial charge in [0.2, 0.25) is 0 Å². The van der Waals surface area contributed by atoms with Crippen molar-refractivity contribution in [1.82, 2.24) is 0 Å². The summed E-state index contributed by atoms with van der Waals surface area (Å²) in [5, 5.41) is 0. The van der Waals surface area contributed by atoms with Gasteiger partial charge >= 0.3 is 0 Å². The predicted octanol–water partition coefficient (Wildman–Crippen LogP) is 4.58. The zero-order valence-corrected chi connectivity index (χ0v) is 12.3. The van der Waals surface area contributed by atoms with Crippen LogP contribution in [-0.2, 0) is 6.42 Å². The Balaban J connectivity index is 2.49. The van der Waals surface area contributed by atoms with Crippen molar-refractivity contribution >= 4 is 15.9 Å². The Hall–Kier alpha value is -0.570. The molecular weight excluding hydrogens is 283 g/mol. The minimum absolute atomic E-state index is 0.278. The number of halogens is 2. The summed E-state index contributed by atoms with van der Waals surface area (Å²) in [6.45, 7) is 4.42. The van der Waals surface area contributed by atoms with Crippen LogP contribution in [0.3, 0.4) is 0 Å². The monoisotopic (exact) mass is 302 g/mol. The summed E-state index contributed by atoms with van der Waals surface area (Å²) in [6.07, 6.45) is 3.08. The van der Waals surface area contributed by atoms with E-state index in [2.05, 4.69) is 29.8 Å². The molecule has 1 atom stereocenters. The molecule has 0 aromatic heterocycles. The van der Waals surface area contributed by atoms with Crippen LogP contribution in [0.4, 0.5) is 4.39 Å². The molecule has 0 radical (unpaired) electrons. The van der Waals surface area contributed by atoms with Crippen LogP contribution in [0.1, 0.15) is 32.3 Å². The second-order valence-electron chi connectivity index (χ2n) is 4.73.